The minimum Gasteiger partial charge on any atom is -0.507 e. The summed E-state index contributed by atoms with van der Waals surface area (Å²) in [6.07, 6.45) is 0.342. The third-order valence-corrected chi connectivity index (χ3v) is 3.50. The zero-order valence-corrected chi connectivity index (χ0v) is 13.3. The van der Waals surface area contributed by atoms with E-state index < -0.39 is 5.60 Å². The van der Waals surface area contributed by atoms with Crippen molar-refractivity contribution in [1.29, 1.82) is 0 Å². The fourth-order valence-electron chi connectivity index (χ4n) is 2.28. The van der Waals surface area contributed by atoms with E-state index in [9.17, 15) is 15.0 Å². The second kappa shape index (κ2) is 5.96. The lowest BCUT2D eigenvalue weighted by atomic mass is 9.92. The lowest BCUT2D eigenvalue weighted by molar-refractivity contribution is -0.121. The highest BCUT2D eigenvalue weighted by atomic mass is 16.5. The van der Waals surface area contributed by atoms with E-state index in [1.165, 1.54) is 0 Å². The molecule has 0 aromatic heterocycles. The van der Waals surface area contributed by atoms with Crippen molar-refractivity contribution >= 4 is 11.6 Å². The maximum Gasteiger partial charge on any atom is 0.240 e. The zero-order valence-electron chi connectivity index (χ0n) is 13.3. The standard InChI is InChI=1S/C16H22N2O4/c1-9-7-13(19)17-18-14(9)11-5-6-12(10(2)15(11)20)22-8-16(3,4)21/h5-6,9,20-21H,7-8H2,1-4H3,(H,17,19)/t9-/m1/s1. The van der Waals surface area contributed by atoms with E-state index in [0.29, 0.717) is 29.0 Å². The molecule has 0 fully saturated rings. The van der Waals surface area contributed by atoms with Gasteiger partial charge in [0.25, 0.3) is 0 Å². The quantitative estimate of drug-likeness (QED) is 0.790. The van der Waals surface area contributed by atoms with Gasteiger partial charge in [-0.1, -0.05) is 6.92 Å². The van der Waals surface area contributed by atoms with Crippen molar-refractivity contribution in [3.8, 4) is 11.5 Å². The Morgan fingerprint density at radius 2 is 2.14 bits per heavy atom. The third kappa shape index (κ3) is 3.57. The van der Waals surface area contributed by atoms with Crippen LogP contribution in [0.15, 0.2) is 17.2 Å². The number of aromatic hydroxyl groups is 1. The largest absolute Gasteiger partial charge is 0.507 e. The molecule has 1 aliphatic rings. The van der Waals surface area contributed by atoms with Crippen LogP contribution in [0.3, 0.4) is 0 Å². The van der Waals surface area contributed by atoms with Crippen LogP contribution in [-0.4, -0.2) is 34.0 Å². The Morgan fingerprint density at radius 3 is 2.73 bits per heavy atom. The number of hydrogen-bond acceptors (Lipinski definition) is 5. The first-order chi connectivity index (χ1) is 10.2. The lowest BCUT2D eigenvalue weighted by Crippen LogP contribution is -2.32. The molecule has 3 N–H and O–H groups in total. The number of carbonyl (C=O) groups excluding carboxylic acids is 1. The normalized spacial score (nSPS) is 18.7. The molecule has 0 aliphatic carbocycles. The Labute approximate surface area is 129 Å². The molecule has 0 unspecified atom stereocenters. The highest BCUT2D eigenvalue weighted by Crippen LogP contribution is 2.33. The van der Waals surface area contributed by atoms with Gasteiger partial charge in [-0.3, -0.25) is 4.79 Å². The van der Waals surface area contributed by atoms with E-state index in [-0.39, 0.29) is 24.2 Å². The Bertz CT molecular complexity index is 617. The molecule has 1 aromatic carbocycles. The maximum atomic E-state index is 11.3. The monoisotopic (exact) mass is 306 g/mol. The number of hydrogen-bond donors (Lipinski definition) is 3. The summed E-state index contributed by atoms with van der Waals surface area (Å²) < 4.78 is 5.55. The predicted molar refractivity (Wildman–Crippen MR) is 83.1 cm³/mol. The van der Waals surface area contributed by atoms with Gasteiger partial charge in [0, 0.05) is 23.5 Å². The second-order valence-electron chi connectivity index (χ2n) is 6.32. The number of hydrazone groups is 1. The van der Waals surface area contributed by atoms with Crippen LogP contribution < -0.4 is 10.2 Å². The average Bonchev–Trinajstić information content (AvgIpc) is 2.40. The van der Waals surface area contributed by atoms with Gasteiger partial charge in [0.2, 0.25) is 5.91 Å². The van der Waals surface area contributed by atoms with Crippen LogP contribution in [-0.2, 0) is 4.79 Å². The Hall–Kier alpha value is -2.08. The fraction of sp³-hybridized carbons (Fsp3) is 0.500. The van der Waals surface area contributed by atoms with E-state index in [2.05, 4.69) is 10.5 Å². The summed E-state index contributed by atoms with van der Waals surface area (Å²) in [6, 6.07) is 3.46. The van der Waals surface area contributed by atoms with E-state index >= 15 is 0 Å². The first-order valence-corrected chi connectivity index (χ1v) is 7.23. The SMILES string of the molecule is Cc1c(OCC(C)(C)O)ccc(C2=NNC(=O)C[C@H]2C)c1O. The van der Waals surface area contributed by atoms with Gasteiger partial charge < -0.3 is 14.9 Å². The number of ether oxygens (including phenoxy) is 1. The summed E-state index contributed by atoms with van der Waals surface area (Å²) in [5, 5.41) is 24.2. The Balaban J connectivity index is 2.29. The van der Waals surface area contributed by atoms with Crippen molar-refractivity contribution in [3.63, 3.8) is 0 Å². The molecule has 6 nitrogen and oxygen atoms in total. The van der Waals surface area contributed by atoms with Crippen molar-refractivity contribution < 1.29 is 19.7 Å². The summed E-state index contributed by atoms with van der Waals surface area (Å²) in [5.41, 5.74) is 3.30. The van der Waals surface area contributed by atoms with Gasteiger partial charge in [0.1, 0.15) is 18.1 Å². The van der Waals surface area contributed by atoms with Gasteiger partial charge in [-0.05, 0) is 32.9 Å². The van der Waals surface area contributed by atoms with E-state index in [4.69, 9.17) is 4.74 Å². The van der Waals surface area contributed by atoms with Crippen LogP contribution >= 0.6 is 0 Å². The third-order valence-electron chi connectivity index (χ3n) is 3.50. The molecule has 0 bridgehead atoms. The molecular weight excluding hydrogens is 284 g/mol. The van der Waals surface area contributed by atoms with Crippen molar-refractivity contribution in [2.45, 2.75) is 39.7 Å². The molecule has 2 rings (SSSR count). The predicted octanol–water partition coefficient (Wildman–Crippen LogP) is 1.71. The van der Waals surface area contributed by atoms with Crippen LogP contribution in [0.1, 0.15) is 38.3 Å². The summed E-state index contributed by atoms with van der Waals surface area (Å²) in [6.45, 7) is 7.06. The number of phenolic OH excluding ortho intramolecular Hbond substituents is 1. The molecule has 22 heavy (non-hydrogen) atoms. The Kier molecular flexibility index (Phi) is 4.42. The van der Waals surface area contributed by atoms with Gasteiger partial charge in [-0.15, -0.1) is 0 Å². The zero-order chi connectivity index (χ0) is 16.5. The molecule has 0 spiro atoms. The number of nitrogens with zero attached hydrogens (tertiary/aromatic N) is 1. The molecule has 0 saturated carbocycles. The van der Waals surface area contributed by atoms with Gasteiger partial charge in [-0.2, -0.15) is 5.10 Å². The second-order valence-corrected chi connectivity index (χ2v) is 6.32. The maximum absolute atomic E-state index is 11.3. The number of phenols is 1. The van der Waals surface area contributed by atoms with Crippen LogP contribution in [0.25, 0.3) is 0 Å². The molecule has 1 aromatic rings. The van der Waals surface area contributed by atoms with E-state index in [1.54, 1.807) is 32.9 Å². The van der Waals surface area contributed by atoms with Crippen LogP contribution in [0.2, 0.25) is 0 Å². The number of benzene rings is 1. The smallest absolute Gasteiger partial charge is 0.240 e. The highest BCUT2D eigenvalue weighted by molar-refractivity contribution is 6.07. The molecule has 0 saturated heterocycles. The first-order valence-electron chi connectivity index (χ1n) is 7.23. The minimum absolute atomic E-state index is 0.0674. The molecule has 0 radical (unpaired) electrons. The Morgan fingerprint density at radius 1 is 1.45 bits per heavy atom. The van der Waals surface area contributed by atoms with Gasteiger partial charge in [0.15, 0.2) is 0 Å². The number of carbonyl (C=O) groups is 1. The summed E-state index contributed by atoms with van der Waals surface area (Å²) in [4.78, 5) is 11.3. The van der Waals surface area contributed by atoms with Crippen molar-refractivity contribution in [2.24, 2.45) is 11.0 Å². The summed E-state index contributed by atoms with van der Waals surface area (Å²) in [5.74, 6) is 0.395. The number of rotatable bonds is 4. The summed E-state index contributed by atoms with van der Waals surface area (Å²) >= 11 is 0. The van der Waals surface area contributed by atoms with Crippen molar-refractivity contribution in [2.75, 3.05) is 6.61 Å². The van der Waals surface area contributed by atoms with Gasteiger partial charge in [0.05, 0.1) is 11.3 Å². The topological polar surface area (TPSA) is 91.2 Å². The molecule has 6 heteroatoms. The van der Waals surface area contributed by atoms with E-state index in [0.717, 1.165) is 0 Å². The van der Waals surface area contributed by atoms with Crippen molar-refractivity contribution in [1.82, 2.24) is 5.43 Å². The molecular formula is C16H22N2O4. The van der Waals surface area contributed by atoms with Gasteiger partial charge >= 0.3 is 0 Å². The number of aliphatic hydroxyl groups is 1. The average molecular weight is 306 g/mol. The number of nitrogens with one attached hydrogen (secondary N) is 1. The molecule has 1 atom stereocenters. The molecule has 1 heterocycles. The van der Waals surface area contributed by atoms with Crippen LogP contribution in [0.5, 0.6) is 11.5 Å². The molecule has 1 amide bonds. The highest BCUT2D eigenvalue weighted by Gasteiger charge is 2.25. The number of amides is 1. The van der Waals surface area contributed by atoms with Crippen LogP contribution in [0, 0.1) is 12.8 Å². The fourth-order valence-corrected chi connectivity index (χ4v) is 2.28. The minimum atomic E-state index is -0.951. The molecule has 120 valence electrons. The van der Waals surface area contributed by atoms with E-state index in [1.807, 2.05) is 6.92 Å². The first kappa shape index (κ1) is 16.3. The summed E-state index contributed by atoms with van der Waals surface area (Å²) in [7, 11) is 0. The molecule has 1 aliphatic heterocycles. The lowest BCUT2D eigenvalue weighted by Gasteiger charge is -2.22. The van der Waals surface area contributed by atoms with Crippen LogP contribution in [0.4, 0.5) is 0 Å². The van der Waals surface area contributed by atoms with Gasteiger partial charge in [-0.25, -0.2) is 5.43 Å². The van der Waals surface area contributed by atoms with Crippen molar-refractivity contribution in [3.05, 3.63) is 23.3 Å².